The lowest BCUT2D eigenvalue weighted by molar-refractivity contribution is 0.299. The molecule has 1 aromatic carbocycles. The van der Waals surface area contributed by atoms with Crippen molar-refractivity contribution >= 4 is 15.9 Å². The summed E-state index contributed by atoms with van der Waals surface area (Å²) in [5.41, 5.74) is 1.77. The van der Waals surface area contributed by atoms with Crippen molar-refractivity contribution in [2.24, 2.45) is 0 Å². The van der Waals surface area contributed by atoms with Gasteiger partial charge < -0.3 is 10.1 Å². The van der Waals surface area contributed by atoms with E-state index in [0.717, 1.165) is 11.4 Å². The van der Waals surface area contributed by atoms with E-state index in [1.165, 1.54) is 6.07 Å². The maximum absolute atomic E-state index is 13.3. The summed E-state index contributed by atoms with van der Waals surface area (Å²) in [6.07, 6.45) is 0. The van der Waals surface area contributed by atoms with Crippen LogP contribution in [-0.4, -0.2) is 12.0 Å². The van der Waals surface area contributed by atoms with E-state index in [1.807, 2.05) is 25.2 Å². The van der Waals surface area contributed by atoms with Crippen LogP contribution in [0.25, 0.3) is 0 Å². The zero-order chi connectivity index (χ0) is 13.7. The number of aromatic nitrogens is 1. The summed E-state index contributed by atoms with van der Waals surface area (Å²) in [5, 5.41) is 3.04. The first-order chi connectivity index (χ1) is 9.19. The first-order valence-electron chi connectivity index (χ1n) is 5.86. The van der Waals surface area contributed by atoms with Gasteiger partial charge in [-0.3, -0.25) is 4.98 Å². The third kappa shape index (κ3) is 4.01. The monoisotopic (exact) mass is 324 g/mol. The van der Waals surface area contributed by atoms with Gasteiger partial charge in [0, 0.05) is 12.6 Å². The number of rotatable bonds is 5. The minimum atomic E-state index is -0.339. The Bertz CT molecular complexity index is 563. The Morgan fingerprint density at radius 3 is 2.79 bits per heavy atom. The molecule has 0 radical (unpaired) electrons. The molecule has 1 heterocycles. The molecule has 0 aliphatic carbocycles. The molecular weight excluding hydrogens is 311 g/mol. The van der Waals surface area contributed by atoms with Gasteiger partial charge in [0.1, 0.15) is 18.2 Å². The van der Waals surface area contributed by atoms with Crippen LogP contribution in [0.4, 0.5) is 4.39 Å². The fourth-order valence-corrected chi connectivity index (χ4v) is 1.86. The highest BCUT2D eigenvalue weighted by atomic mass is 79.9. The van der Waals surface area contributed by atoms with E-state index in [0.29, 0.717) is 23.4 Å². The van der Waals surface area contributed by atoms with Crippen molar-refractivity contribution in [1.82, 2.24) is 10.3 Å². The van der Waals surface area contributed by atoms with Crippen molar-refractivity contribution in [3.05, 3.63) is 58.1 Å². The van der Waals surface area contributed by atoms with Gasteiger partial charge in [-0.1, -0.05) is 6.07 Å². The van der Waals surface area contributed by atoms with Gasteiger partial charge in [0.15, 0.2) is 0 Å². The molecule has 0 saturated carbocycles. The minimum absolute atomic E-state index is 0.318. The fraction of sp³-hybridized carbons (Fsp3) is 0.214. The minimum Gasteiger partial charge on any atom is -0.487 e. The normalized spacial score (nSPS) is 10.5. The van der Waals surface area contributed by atoms with Crippen molar-refractivity contribution < 1.29 is 9.13 Å². The summed E-state index contributed by atoms with van der Waals surface area (Å²) in [4.78, 5) is 4.43. The van der Waals surface area contributed by atoms with Gasteiger partial charge in [0.25, 0.3) is 0 Å². The molecule has 0 spiro atoms. The highest BCUT2D eigenvalue weighted by Crippen LogP contribution is 2.21. The summed E-state index contributed by atoms with van der Waals surface area (Å²) < 4.78 is 19.3. The number of halogens is 2. The Labute approximate surface area is 119 Å². The van der Waals surface area contributed by atoms with Crippen LogP contribution in [0.1, 0.15) is 11.4 Å². The van der Waals surface area contributed by atoms with E-state index in [2.05, 4.69) is 26.2 Å². The Kier molecular flexibility index (Phi) is 4.87. The predicted molar refractivity (Wildman–Crippen MR) is 75.4 cm³/mol. The molecule has 3 nitrogen and oxygen atoms in total. The Hall–Kier alpha value is -1.46. The van der Waals surface area contributed by atoms with Crippen molar-refractivity contribution in [1.29, 1.82) is 0 Å². The lowest BCUT2D eigenvalue weighted by Gasteiger charge is -2.07. The van der Waals surface area contributed by atoms with Crippen molar-refractivity contribution in [3.63, 3.8) is 0 Å². The highest BCUT2D eigenvalue weighted by Gasteiger charge is 2.03. The van der Waals surface area contributed by atoms with Crippen LogP contribution in [0.3, 0.4) is 0 Å². The van der Waals surface area contributed by atoms with Gasteiger partial charge in [-0.2, -0.15) is 0 Å². The smallest absolute Gasteiger partial charge is 0.141 e. The molecule has 0 bridgehead atoms. The van der Waals surface area contributed by atoms with Gasteiger partial charge in [-0.25, -0.2) is 4.39 Å². The zero-order valence-electron chi connectivity index (χ0n) is 10.5. The topological polar surface area (TPSA) is 34.1 Å². The number of benzene rings is 1. The maximum atomic E-state index is 13.3. The first-order valence-corrected chi connectivity index (χ1v) is 6.65. The maximum Gasteiger partial charge on any atom is 0.141 e. The number of nitrogens with zero attached hydrogens (tertiary/aromatic N) is 1. The second-order valence-electron chi connectivity index (χ2n) is 4.02. The number of pyridine rings is 1. The predicted octanol–water partition coefficient (Wildman–Crippen LogP) is 3.28. The van der Waals surface area contributed by atoms with Crippen LogP contribution in [0, 0.1) is 5.82 Å². The SMILES string of the molecule is CNCc1cccc(COc2ccc(Br)c(F)c2)n1. The van der Waals surface area contributed by atoms with Gasteiger partial charge in [-0.15, -0.1) is 0 Å². The van der Waals surface area contributed by atoms with Gasteiger partial charge in [0.05, 0.1) is 15.9 Å². The van der Waals surface area contributed by atoms with E-state index >= 15 is 0 Å². The van der Waals surface area contributed by atoms with E-state index in [-0.39, 0.29) is 5.82 Å². The van der Waals surface area contributed by atoms with E-state index in [9.17, 15) is 4.39 Å². The second-order valence-corrected chi connectivity index (χ2v) is 4.87. The van der Waals surface area contributed by atoms with Gasteiger partial charge in [-0.05, 0) is 47.2 Å². The Morgan fingerprint density at radius 1 is 1.26 bits per heavy atom. The molecule has 19 heavy (non-hydrogen) atoms. The number of hydrogen-bond acceptors (Lipinski definition) is 3. The molecule has 2 aromatic rings. The molecule has 0 aliphatic heterocycles. The number of ether oxygens (including phenoxy) is 1. The molecule has 0 unspecified atom stereocenters. The second kappa shape index (κ2) is 6.63. The summed E-state index contributed by atoms with van der Waals surface area (Å²) >= 11 is 3.10. The molecule has 0 atom stereocenters. The summed E-state index contributed by atoms with van der Waals surface area (Å²) in [5.74, 6) is 0.149. The summed E-state index contributed by atoms with van der Waals surface area (Å²) in [7, 11) is 1.87. The Morgan fingerprint density at radius 2 is 2.05 bits per heavy atom. The standard InChI is InChI=1S/C14H14BrFN2O/c1-17-8-10-3-2-4-11(18-10)9-19-12-5-6-13(15)14(16)7-12/h2-7,17H,8-9H2,1H3. The van der Waals surface area contributed by atoms with Gasteiger partial charge >= 0.3 is 0 Å². The summed E-state index contributed by atoms with van der Waals surface area (Å²) in [6, 6.07) is 10.4. The van der Waals surface area contributed by atoms with Crippen LogP contribution in [0.15, 0.2) is 40.9 Å². The average molecular weight is 325 g/mol. The number of nitrogens with one attached hydrogen (secondary N) is 1. The molecule has 5 heteroatoms. The van der Waals surface area contributed by atoms with Crippen molar-refractivity contribution in [2.45, 2.75) is 13.2 Å². The quantitative estimate of drug-likeness (QED) is 0.916. The van der Waals surface area contributed by atoms with Crippen LogP contribution in [-0.2, 0) is 13.2 Å². The lowest BCUT2D eigenvalue weighted by atomic mass is 10.3. The molecule has 2 rings (SSSR count). The molecule has 0 amide bonds. The van der Waals surface area contributed by atoms with Crippen LogP contribution < -0.4 is 10.1 Å². The molecule has 1 aromatic heterocycles. The fourth-order valence-electron chi connectivity index (χ4n) is 1.61. The van der Waals surface area contributed by atoms with E-state index < -0.39 is 0 Å². The van der Waals surface area contributed by atoms with Crippen LogP contribution in [0.5, 0.6) is 5.75 Å². The zero-order valence-corrected chi connectivity index (χ0v) is 12.1. The van der Waals surface area contributed by atoms with Crippen molar-refractivity contribution in [3.8, 4) is 5.75 Å². The molecular formula is C14H14BrFN2O. The molecule has 100 valence electrons. The molecule has 1 N–H and O–H groups in total. The highest BCUT2D eigenvalue weighted by molar-refractivity contribution is 9.10. The number of hydrogen-bond donors (Lipinski definition) is 1. The first kappa shape index (κ1) is 14.0. The third-order valence-electron chi connectivity index (χ3n) is 2.50. The van der Waals surface area contributed by atoms with Crippen molar-refractivity contribution in [2.75, 3.05) is 7.05 Å². The van der Waals surface area contributed by atoms with Crippen LogP contribution in [0.2, 0.25) is 0 Å². The Balaban J connectivity index is 2.01. The molecule has 0 aliphatic rings. The molecule has 0 saturated heterocycles. The molecule has 0 fully saturated rings. The average Bonchev–Trinajstić information content (AvgIpc) is 2.41. The van der Waals surface area contributed by atoms with E-state index in [4.69, 9.17) is 4.74 Å². The van der Waals surface area contributed by atoms with Gasteiger partial charge in [0.2, 0.25) is 0 Å². The third-order valence-corrected chi connectivity index (χ3v) is 3.14. The lowest BCUT2D eigenvalue weighted by Crippen LogP contribution is -2.08. The summed E-state index contributed by atoms with van der Waals surface area (Å²) in [6.45, 7) is 1.03. The van der Waals surface area contributed by atoms with E-state index in [1.54, 1.807) is 12.1 Å². The largest absolute Gasteiger partial charge is 0.487 e. The van der Waals surface area contributed by atoms with Crippen LogP contribution >= 0.6 is 15.9 Å².